The first-order valence-electron chi connectivity index (χ1n) is 3.97. The lowest BCUT2D eigenvalue weighted by molar-refractivity contribution is 1.12. The second-order valence-electron chi connectivity index (χ2n) is 2.67. The van der Waals surface area contributed by atoms with E-state index >= 15 is 0 Å². The lowest BCUT2D eigenvalue weighted by Gasteiger charge is -2.02. The topological polar surface area (TPSA) is 38.7 Å². The fourth-order valence-corrected chi connectivity index (χ4v) is 1.83. The zero-order valence-corrected chi connectivity index (χ0v) is 11.8. The number of pyridine rings is 1. The summed E-state index contributed by atoms with van der Waals surface area (Å²) in [6, 6.07) is 3.72. The number of rotatable bonds is 1. The molecule has 0 N–H and O–H groups in total. The van der Waals surface area contributed by atoms with Crippen molar-refractivity contribution in [2.75, 3.05) is 0 Å². The minimum atomic E-state index is 0.443. The Kier molecular flexibility index (Phi) is 3.53. The Bertz CT molecular complexity index is 506. The van der Waals surface area contributed by atoms with Gasteiger partial charge in [0, 0.05) is 16.9 Å². The quantitative estimate of drug-likeness (QED) is 0.547. The van der Waals surface area contributed by atoms with Crippen LogP contribution >= 0.6 is 50.1 Å². The van der Waals surface area contributed by atoms with Gasteiger partial charge in [0.2, 0.25) is 0 Å². The predicted octanol–water partition coefficient (Wildman–Crippen LogP) is 3.56. The van der Waals surface area contributed by atoms with Crippen LogP contribution in [-0.2, 0) is 0 Å². The fraction of sp³-hybridized carbons (Fsp3) is 0. The molecule has 0 fully saturated rings. The molecule has 0 aliphatic rings. The molecule has 76 valence electrons. The van der Waals surface area contributed by atoms with Crippen molar-refractivity contribution < 1.29 is 0 Å². The molecular formula is C9H4BrClIN3. The molecule has 0 radical (unpaired) electrons. The van der Waals surface area contributed by atoms with Crippen LogP contribution in [0, 0.1) is 3.57 Å². The predicted molar refractivity (Wildman–Crippen MR) is 70.7 cm³/mol. The van der Waals surface area contributed by atoms with Crippen molar-refractivity contribution in [1.29, 1.82) is 0 Å². The molecule has 0 aromatic carbocycles. The minimum Gasteiger partial charge on any atom is -0.252 e. The summed E-state index contributed by atoms with van der Waals surface area (Å²) in [6.45, 7) is 0. The van der Waals surface area contributed by atoms with Gasteiger partial charge in [-0.15, -0.1) is 0 Å². The zero-order valence-electron chi connectivity index (χ0n) is 7.28. The first-order valence-corrected chi connectivity index (χ1v) is 6.22. The molecule has 2 aromatic rings. The van der Waals surface area contributed by atoms with Crippen molar-refractivity contribution in [2.45, 2.75) is 0 Å². The van der Waals surface area contributed by atoms with E-state index in [4.69, 9.17) is 11.6 Å². The molecule has 0 amide bonds. The van der Waals surface area contributed by atoms with Crippen LogP contribution < -0.4 is 0 Å². The van der Waals surface area contributed by atoms with E-state index in [1.807, 2.05) is 12.1 Å². The first kappa shape index (κ1) is 11.2. The molecule has 2 aromatic heterocycles. The van der Waals surface area contributed by atoms with Gasteiger partial charge >= 0.3 is 0 Å². The van der Waals surface area contributed by atoms with Crippen molar-refractivity contribution in [3.05, 3.63) is 37.7 Å². The third-order valence-corrected chi connectivity index (χ3v) is 3.71. The fourth-order valence-electron chi connectivity index (χ4n) is 1.01. The molecule has 0 atom stereocenters. The van der Waals surface area contributed by atoms with Crippen LogP contribution in [0.25, 0.3) is 11.5 Å². The van der Waals surface area contributed by atoms with Crippen LogP contribution in [0.5, 0.6) is 0 Å². The van der Waals surface area contributed by atoms with E-state index < -0.39 is 0 Å². The summed E-state index contributed by atoms with van der Waals surface area (Å²) in [5.41, 5.74) is 0.691. The summed E-state index contributed by atoms with van der Waals surface area (Å²) in [5.74, 6) is 0.521. The van der Waals surface area contributed by atoms with Gasteiger partial charge < -0.3 is 0 Å². The highest BCUT2D eigenvalue weighted by Crippen LogP contribution is 2.24. The molecule has 0 saturated carbocycles. The molecule has 0 saturated heterocycles. The summed E-state index contributed by atoms with van der Waals surface area (Å²) in [5, 5.41) is 0.443. The highest BCUT2D eigenvalue weighted by atomic mass is 127. The summed E-state index contributed by atoms with van der Waals surface area (Å²) < 4.78 is 1.67. The van der Waals surface area contributed by atoms with Gasteiger partial charge in [0.15, 0.2) is 5.82 Å². The van der Waals surface area contributed by atoms with Crippen molar-refractivity contribution >= 4 is 50.1 Å². The molecule has 15 heavy (non-hydrogen) atoms. The molecule has 0 aliphatic heterocycles. The Morgan fingerprint density at radius 1 is 1.33 bits per heavy atom. The van der Waals surface area contributed by atoms with Crippen molar-refractivity contribution in [3.63, 3.8) is 0 Å². The van der Waals surface area contributed by atoms with Crippen LogP contribution in [0.3, 0.4) is 0 Å². The standard InChI is InChI=1S/C9H4BrClIN3/c10-5-2-1-3-13-7(5)9-14-4-6(12)8(11)15-9/h1-4H. The smallest absolute Gasteiger partial charge is 0.180 e. The summed E-state index contributed by atoms with van der Waals surface area (Å²) >= 11 is 11.4. The second kappa shape index (κ2) is 4.71. The number of halogens is 3. The SMILES string of the molecule is Clc1nc(-c2ncccc2Br)ncc1I. The molecule has 2 heterocycles. The number of nitrogens with zero attached hydrogens (tertiary/aromatic N) is 3. The van der Waals surface area contributed by atoms with Gasteiger partial charge in [-0.1, -0.05) is 11.6 Å². The van der Waals surface area contributed by atoms with E-state index in [2.05, 4.69) is 53.5 Å². The van der Waals surface area contributed by atoms with Crippen molar-refractivity contribution in [3.8, 4) is 11.5 Å². The Morgan fingerprint density at radius 2 is 2.13 bits per heavy atom. The molecule has 0 unspecified atom stereocenters. The van der Waals surface area contributed by atoms with E-state index in [9.17, 15) is 0 Å². The lowest BCUT2D eigenvalue weighted by atomic mass is 10.3. The third-order valence-electron chi connectivity index (χ3n) is 1.67. The maximum atomic E-state index is 5.91. The monoisotopic (exact) mass is 395 g/mol. The van der Waals surface area contributed by atoms with Gasteiger partial charge in [0.05, 0.1) is 3.57 Å². The lowest BCUT2D eigenvalue weighted by Crippen LogP contribution is -1.94. The normalized spacial score (nSPS) is 10.3. The van der Waals surface area contributed by atoms with Crippen LogP contribution in [0.1, 0.15) is 0 Å². The Hall–Kier alpha value is -0.270. The highest BCUT2D eigenvalue weighted by molar-refractivity contribution is 14.1. The summed E-state index contributed by atoms with van der Waals surface area (Å²) in [7, 11) is 0. The number of hydrogen-bond acceptors (Lipinski definition) is 3. The van der Waals surface area contributed by atoms with Gasteiger partial charge in [-0.2, -0.15) is 0 Å². The van der Waals surface area contributed by atoms with Gasteiger partial charge in [0.1, 0.15) is 10.8 Å². The van der Waals surface area contributed by atoms with Gasteiger partial charge in [0.25, 0.3) is 0 Å². The number of aromatic nitrogens is 3. The summed E-state index contributed by atoms with van der Waals surface area (Å²) in [6.07, 6.45) is 3.36. The molecule has 2 rings (SSSR count). The first-order chi connectivity index (χ1) is 7.18. The highest BCUT2D eigenvalue weighted by Gasteiger charge is 2.09. The average Bonchev–Trinajstić information content (AvgIpc) is 2.23. The van der Waals surface area contributed by atoms with Crippen molar-refractivity contribution in [1.82, 2.24) is 15.0 Å². The average molecular weight is 396 g/mol. The largest absolute Gasteiger partial charge is 0.252 e. The van der Waals surface area contributed by atoms with Crippen molar-refractivity contribution in [2.24, 2.45) is 0 Å². The maximum Gasteiger partial charge on any atom is 0.180 e. The van der Waals surface area contributed by atoms with Gasteiger partial charge in [-0.05, 0) is 50.7 Å². The van der Waals surface area contributed by atoms with Gasteiger partial charge in [-0.3, -0.25) is 4.98 Å². The van der Waals surface area contributed by atoms with Crippen LogP contribution in [0.15, 0.2) is 29.0 Å². The molecule has 6 heteroatoms. The van der Waals surface area contributed by atoms with Crippen LogP contribution in [0.2, 0.25) is 5.15 Å². The van der Waals surface area contributed by atoms with E-state index in [0.29, 0.717) is 16.7 Å². The maximum absolute atomic E-state index is 5.91. The van der Waals surface area contributed by atoms with E-state index in [1.165, 1.54) is 0 Å². The molecule has 0 aliphatic carbocycles. The molecule has 0 spiro atoms. The number of hydrogen-bond donors (Lipinski definition) is 0. The van der Waals surface area contributed by atoms with E-state index in [0.717, 1.165) is 8.04 Å². The zero-order chi connectivity index (χ0) is 10.8. The van der Waals surface area contributed by atoms with Gasteiger partial charge in [-0.25, -0.2) is 9.97 Å². The minimum absolute atomic E-state index is 0.443. The van der Waals surface area contributed by atoms with Crippen LogP contribution in [0.4, 0.5) is 0 Å². The Morgan fingerprint density at radius 3 is 2.80 bits per heavy atom. The summed E-state index contributed by atoms with van der Waals surface area (Å²) in [4.78, 5) is 12.5. The van der Waals surface area contributed by atoms with Crippen LogP contribution in [-0.4, -0.2) is 15.0 Å². The third kappa shape index (κ3) is 2.46. The molecule has 0 bridgehead atoms. The molecule has 3 nitrogen and oxygen atoms in total. The Labute approximate surface area is 114 Å². The van der Waals surface area contributed by atoms with E-state index in [1.54, 1.807) is 12.4 Å². The van der Waals surface area contributed by atoms with E-state index in [-0.39, 0.29) is 0 Å². The molecular weight excluding hydrogens is 392 g/mol. The second-order valence-corrected chi connectivity index (χ2v) is 5.04. The Balaban J connectivity index is 2.55.